The third-order valence-electron chi connectivity index (χ3n) is 10.7. The molecule has 0 fully saturated rings. The van der Waals surface area contributed by atoms with Crippen LogP contribution in [0.3, 0.4) is 0 Å². The maximum Gasteiger partial charge on any atom is 0.120 e. The van der Waals surface area contributed by atoms with Gasteiger partial charge in [-0.2, -0.15) is 0 Å². The van der Waals surface area contributed by atoms with Crippen LogP contribution >= 0.6 is 0 Å². The first-order chi connectivity index (χ1) is 30.0. The monoisotopic (exact) mass is 1030 g/mol. The third kappa shape index (κ3) is 8.69. The predicted molar refractivity (Wildman–Crippen MR) is 254 cm³/mol. The molecule has 61 heavy (non-hydrogen) atoms. The van der Waals surface area contributed by atoms with Crippen molar-refractivity contribution in [3.8, 4) is 50.6 Å². The molecule has 0 aliphatic rings. The van der Waals surface area contributed by atoms with Crippen LogP contribution in [0.1, 0.15) is 22.2 Å². The molecule has 1 radical (unpaired) electrons. The van der Waals surface area contributed by atoms with Crippen LogP contribution in [0, 0.1) is 18.1 Å². The number of imidazole rings is 1. The fourth-order valence-corrected chi connectivity index (χ4v) is 10.8. The smallest absolute Gasteiger partial charge is 0.120 e. The molecule has 7 aromatic carbocycles. The van der Waals surface area contributed by atoms with Gasteiger partial charge in [-0.25, -0.2) is 0 Å². The van der Waals surface area contributed by atoms with E-state index < -0.39 is 19.6 Å². The minimum Gasteiger partial charge on any atom is -0.501 e. The van der Waals surface area contributed by atoms with Gasteiger partial charge in [0.1, 0.15) is 5.58 Å². The van der Waals surface area contributed by atoms with E-state index in [0.717, 1.165) is 88.0 Å². The van der Waals surface area contributed by atoms with E-state index in [4.69, 9.17) is 12.1 Å². The summed E-state index contributed by atoms with van der Waals surface area (Å²) in [5.74, 6) is 7.57. The molecule has 0 N–H and O–H groups in total. The van der Waals surface area contributed by atoms with Crippen LogP contribution in [0.15, 0.2) is 180 Å². The van der Waals surface area contributed by atoms with Crippen molar-refractivity contribution in [1.29, 1.82) is 0 Å². The molecule has 0 aliphatic heterocycles. The van der Waals surface area contributed by atoms with Gasteiger partial charge in [-0.1, -0.05) is 114 Å². The first-order valence-corrected chi connectivity index (χ1v) is 27.9. The number of fused-ring (bicyclic) bond motifs is 4. The summed E-state index contributed by atoms with van der Waals surface area (Å²) in [6.45, 7) is 3.88. The average Bonchev–Trinajstić information content (AvgIpc) is 3.88. The van der Waals surface area contributed by atoms with Gasteiger partial charge in [0.15, 0.2) is 0 Å². The number of benzene rings is 7. The summed E-state index contributed by atoms with van der Waals surface area (Å²) in [4.78, 5) is 9.79. The van der Waals surface area contributed by atoms with Crippen LogP contribution in [0.25, 0.3) is 83.6 Å². The Hall–Kier alpha value is -5.85. The molecule has 10 aromatic rings. The van der Waals surface area contributed by atoms with E-state index >= 15 is 0 Å². The molecule has 0 saturated carbocycles. The molecule has 0 bridgehead atoms. The Morgan fingerprint density at radius 1 is 0.689 bits per heavy atom. The van der Waals surface area contributed by atoms with Crippen LogP contribution < -0.4 is 4.40 Å². The minimum absolute atomic E-state index is 0. The van der Waals surface area contributed by atoms with Gasteiger partial charge in [-0.15, -0.1) is 18.2 Å². The zero-order valence-corrected chi connectivity index (χ0v) is 39.4. The normalized spacial score (nSPS) is 12.2. The number of nitrogens with zero attached hydrogens (tertiary/aromatic N) is 3. The van der Waals surface area contributed by atoms with Crippen molar-refractivity contribution in [2.75, 3.05) is 0 Å². The Kier molecular flexibility index (Phi) is 11.6. The van der Waals surface area contributed by atoms with E-state index in [1.165, 1.54) is 5.56 Å². The molecule has 0 amide bonds. The van der Waals surface area contributed by atoms with E-state index in [2.05, 4.69) is 142 Å². The van der Waals surface area contributed by atoms with Crippen molar-refractivity contribution in [3.05, 3.63) is 194 Å². The summed E-state index contributed by atoms with van der Waals surface area (Å²) in [5.41, 5.74) is 12.6. The van der Waals surface area contributed by atoms with E-state index in [9.17, 15) is 0 Å². The van der Waals surface area contributed by atoms with Crippen LogP contribution in [-0.2, 0) is 26.5 Å². The van der Waals surface area contributed by atoms with Gasteiger partial charge in [-0.05, 0) is 41.0 Å². The van der Waals surface area contributed by atoms with Gasteiger partial charge in [0.25, 0.3) is 0 Å². The zero-order chi connectivity index (χ0) is 43.0. The zero-order valence-electron chi connectivity index (χ0n) is 36.9. The van der Waals surface area contributed by atoms with Gasteiger partial charge >= 0.3 is 128 Å². The number of hydrogen-bond acceptors (Lipinski definition) is 3. The van der Waals surface area contributed by atoms with Gasteiger partial charge in [0, 0.05) is 36.7 Å². The van der Waals surface area contributed by atoms with Gasteiger partial charge in [-0.3, -0.25) is 4.98 Å². The molecule has 4 nitrogen and oxygen atoms in total. The minimum atomic E-state index is -2.20. The molecule has 0 saturated heterocycles. The topological polar surface area (TPSA) is 43.9 Å². The van der Waals surface area contributed by atoms with Crippen molar-refractivity contribution in [3.63, 3.8) is 0 Å². The molecule has 0 aliphatic carbocycles. The van der Waals surface area contributed by atoms with Gasteiger partial charge < -0.3 is 8.98 Å². The van der Waals surface area contributed by atoms with Crippen molar-refractivity contribution >= 4 is 50.6 Å². The number of pyridine rings is 1. The maximum absolute atomic E-state index is 8.56. The number of rotatable bonds is 8. The molecule has 10 rings (SSSR count). The van der Waals surface area contributed by atoms with Gasteiger partial charge in [0.2, 0.25) is 0 Å². The summed E-state index contributed by atoms with van der Waals surface area (Å²) in [5, 5.41) is 2.15. The Labute approximate surface area is 377 Å². The van der Waals surface area contributed by atoms with Gasteiger partial charge in [0.05, 0.1) is 22.4 Å². The van der Waals surface area contributed by atoms with Crippen LogP contribution in [-0.4, -0.2) is 27.8 Å². The van der Waals surface area contributed by atoms with E-state index in [-0.39, 0.29) is 26.0 Å². The molecule has 3 heterocycles. The SMILES string of the molecule is [2H]C([2H])(c1cc(-c2[c-]cccc2)nc[c]1[Ge]([CH3])([CH3])[CH3])C(C)C.[Ir].[c-]1ccc2c(oc3ccccc32)c1-c1nc2ccccc2n1-c1cc(-c2ccccc2)ccc1-c1ccccc1. The van der Waals surface area contributed by atoms with Crippen LogP contribution in [0.2, 0.25) is 17.3 Å². The summed E-state index contributed by atoms with van der Waals surface area (Å²) in [6, 6.07) is 64.6. The summed E-state index contributed by atoms with van der Waals surface area (Å²) in [7, 11) is 0. The van der Waals surface area contributed by atoms with Crippen molar-refractivity contribution in [2.45, 2.75) is 37.5 Å². The summed E-state index contributed by atoms with van der Waals surface area (Å²) < 4.78 is 27.0. The molecular formula is C55H47GeIrN3O-2. The number of aromatic nitrogens is 3. The number of para-hydroxylation sites is 3. The summed E-state index contributed by atoms with van der Waals surface area (Å²) in [6.07, 6.45) is 0.562. The molecule has 0 atom stereocenters. The van der Waals surface area contributed by atoms with Crippen molar-refractivity contribution < 1.29 is 27.3 Å². The molecule has 3 aromatic heterocycles. The summed E-state index contributed by atoms with van der Waals surface area (Å²) >= 11 is -2.20. The number of furan rings is 1. The molecule has 0 unspecified atom stereocenters. The fourth-order valence-electron chi connectivity index (χ4n) is 7.87. The molecular weight excluding hydrogens is 983 g/mol. The second-order valence-corrected chi connectivity index (χ2v) is 26.9. The maximum atomic E-state index is 8.56. The largest absolute Gasteiger partial charge is 0.501 e. The quantitative estimate of drug-likeness (QED) is 0.113. The second-order valence-electron chi connectivity index (χ2n) is 16.4. The Morgan fingerprint density at radius 2 is 1.39 bits per heavy atom. The first kappa shape index (κ1) is 39.3. The fraction of sp³-hybridized carbons (Fsp3) is 0.127. The van der Waals surface area contributed by atoms with E-state index in [0.29, 0.717) is 0 Å². The van der Waals surface area contributed by atoms with Crippen molar-refractivity contribution in [1.82, 2.24) is 14.5 Å². The Morgan fingerprint density at radius 3 is 2.13 bits per heavy atom. The predicted octanol–water partition coefficient (Wildman–Crippen LogP) is 14.0. The standard InChI is InChI=1S/C37H23N2O.C18H24GeN.Ir/c1-3-12-25(13-4-1)27-22-23-28(26-14-5-2-6-15-26)34(24-27)39-33-20-9-8-19-32(33)38-37(39)31-18-11-17-30-29-16-7-10-21-35(29)40-36(30)31;1-14(2)11-16-12-18(15-9-7-6-8-10-15)20-13-17(16)19(3,4)5;/h1-17,19-24H;6-9,12-14H,11H2,1-5H3;/q2*-1;/i;11D2;. The van der Waals surface area contributed by atoms with Crippen LogP contribution in [0.5, 0.6) is 0 Å². The Bertz CT molecular complexity index is 3180. The van der Waals surface area contributed by atoms with Crippen LogP contribution in [0.4, 0.5) is 0 Å². The molecule has 303 valence electrons. The average molecular weight is 1030 g/mol. The van der Waals surface area contributed by atoms with E-state index in [1.54, 1.807) is 0 Å². The first-order valence-electron chi connectivity index (χ1n) is 21.5. The van der Waals surface area contributed by atoms with E-state index in [1.807, 2.05) is 86.8 Å². The Balaban J connectivity index is 0.000000203. The molecule has 6 heteroatoms. The number of hydrogen-bond donors (Lipinski definition) is 0. The molecule has 0 spiro atoms. The second kappa shape index (κ2) is 18.0. The third-order valence-corrected chi connectivity index (χ3v) is 14.9. The van der Waals surface area contributed by atoms with Crippen molar-refractivity contribution in [2.24, 2.45) is 5.92 Å².